The zero-order valence-corrected chi connectivity index (χ0v) is 12.4. The Morgan fingerprint density at radius 3 is 2.55 bits per heavy atom. The highest BCUT2D eigenvalue weighted by atomic mass is 32.1. The van der Waals surface area contributed by atoms with Crippen molar-refractivity contribution in [2.45, 2.75) is 25.7 Å². The lowest BCUT2D eigenvalue weighted by molar-refractivity contribution is 0.0939. The lowest BCUT2D eigenvalue weighted by Crippen LogP contribution is -2.02. The van der Waals surface area contributed by atoms with Gasteiger partial charge in [0.25, 0.3) is 0 Å². The normalized spacial score (nSPS) is 10.6. The third-order valence-electron chi connectivity index (χ3n) is 3.09. The van der Waals surface area contributed by atoms with E-state index in [1.165, 1.54) is 16.9 Å². The minimum absolute atomic E-state index is 0.230. The van der Waals surface area contributed by atoms with Crippen molar-refractivity contribution in [3.8, 4) is 0 Å². The van der Waals surface area contributed by atoms with Gasteiger partial charge in [-0.05, 0) is 36.3 Å². The monoisotopic (exact) mass is 288 g/mol. The maximum Gasteiger partial charge on any atom is 0.172 e. The van der Waals surface area contributed by atoms with Crippen molar-refractivity contribution in [1.29, 1.82) is 0 Å². The van der Waals surface area contributed by atoms with E-state index in [2.05, 4.69) is 24.3 Å². The molecule has 0 atom stereocenters. The van der Waals surface area contributed by atoms with E-state index < -0.39 is 0 Å². The van der Waals surface area contributed by atoms with E-state index in [4.69, 9.17) is 4.74 Å². The van der Waals surface area contributed by atoms with Crippen LogP contribution in [0.25, 0.3) is 0 Å². The molecule has 0 radical (unpaired) electrons. The van der Waals surface area contributed by atoms with Gasteiger partial charge in [0.15, 0.2) is 5.78 Å². The zero-order valence-electron chi connectivity index (χ0n) is 11.6. The standard InChI is InChI=1S/C17H20O2S/c18-16(17-11-6-14-20-17)10-5-13-19-12-4-9-15-7-2-1-3-8-15/h1-3,6-8,11,14H,4-5,9-10,12-13H2. The van der Waals surface area contributed by atoms with Crippen LogP contribution < -0.4 is 0 Å². The Labute approximate surface area is 124 Å². The van der Waals surface area contributed by atoms with Crippen LogP contribution in [0.1, 0.15) is 34.5 Å². The predicted molar refractivity (Wildman–Crippen MR) is 83.5 cm³/mol. The quantitative estimate of drug-likeness (QED) is 0.506. The van der Waals surface area contributed by atoms with Crippen LogP contribution in [-0.2, 0) is 11.2 Å². The van der Waals surface area contributed by atoms with Crippen LogP contribution in [0, 0.1) is 0 Å². The molecule has 0 spiro atoms. The van der Waals surface area contributed by atoms with E-state index in [-0.39, 0.29) is 5.78 Å². The number of hydrogen-bond acceptors (Lipinski definition) is 3. The molecule has 0 aliphatic carbocycles. The Balaban J connectivity index is 1.49. The van der Waals surface area contributed by atoms with Crippen LogP contribution >= 0.6 is 11.3 Å². The summed E-state index contributed by atoms with van der Waals surface area (Å²) in [5.74, 6) is 0.230. The molecule has 106 valence electrons. The van der Waals surface area contributed by atoms with Gasteiger partial charge in [0, 0.05) is 19.6 Å². The summed E-state index contributed by atoms with van der Waals surface area (Å²) in [5.41, 5.74) is 1.35. The summed E-state index contributed by atoms with van der Waals surface area (Å²) in [6.45, 7) is 1.44. The lowest BCUT2D eigenvalue weighted by Gasteiger charge is -2.04. The largest absolute Gasteiger partial charge is 0.381 e. The maximum absolute atomic E-state index is 11.7. The van der Waals surface area contributed by atoms with Crippen LogP contribution in [0.2, 0.25) is 0 Å². The van der Waals surface area contributed by atoms with Crippen molar-refractivity contribution in [3.63, 3.8) is 0 Å². The van der Waals surface area contributed by atoms with Crippen LogP contribution in [0.4, 0.5) is 0 Å². The SMILES string of the molecule is O=C(CCCOCCCc1ccccc1)c1cccs1. The van der Waals surface area contributed by atoms with Crippen LogP contribution in [0.5, 0.6) is 0 Å². The first-order chi connectivity index (χ1) is 9.86. The molecular weight excluding hydrogens is 268 g/mol. The Morgan fingerprint density at radius 1 is 1.00 bits per heavy atom. The second-order valence-corrected chi connectivity index (χ2v) is 5.65. The minimum atomic E-state index is 0.230. The second kappa shape index (κ2) is 8.67. The Bertz CT molecular complexity index is 491. The van der Waals surface area contributed by atoms with Crippen molar-refractivity contribution in [2.24, 2.45) is 0 Å². The van der Waals surface area contributed by atoms with Gasteiger partial charge in [-0.2, -0.15) is 0 Å². The van der Waals surface area contributed by atoms with E-state index in [9.17, 15) is 4.79 Å². The van der Waals surface area contributed by atoms with Gasteiger partial charge in [-0.1, -0.05) is 36.4 Å². The highest BCUT2D eigenvalue weighted by Crippen LogP contribution is 2.12. The molecule has 0 fully saturated rings. The van der Waals surface area contributed by atoms with Gasteiger partial charge in [-0.3, -0.25) is 4.79 Å². The van der Waals surface area contributed by atoms with E-state index >= 15 is 0 Å². The average molecular weight is 288 g/mol. The summed E-state index contributed by atoms with van der Waals surface area (Å²) >= 11 is 1.51. The summed E-state index contributed by atoms with van der Waals surface area (Å²) in [6, 6.07) is 14.2. The minimum Gasteiger partial charge on any atom is -0.381 e. The number of carbonyl (C=O) groups is 1. The number of carbonyl (C=O) groups excluding carboxylic acids is 1. The van der Waals surface area contributed by atoms with Crippen molar-refractivity contribution in [2.75, 3.05) is 13.2 Å². The lowest BCUT2D eigenvalue weighted by atomic mass is 10.1. The zero-order chi connectivity index (χ0) is 14.0. The summed E-state index contributed by atoms with van der Waals surface area (Å²) in [6.07, 6.45) is 3.47. The average Bonchev–Trinajstić information content (AvgIpc) is 3.01. The summed E-state index contributed by atoms with van der Waals surface area (Å²) in [5, 5.41) is 1.94. The Kier molecular flexibility index (Phi) is 6.48. The van der Waals surface area contributed by atoms with Gasteiger partial charge in [0.05, 0.1) is 4.88 Å². The number of ketones is 1. The van der Waals surface area contributed by atoms with Gasteiger partial charge in [-0.15, -0.1) is 11.3 Å². The fraction of sp³-hybridized carbons (Fsp3) is 0.353. The van der Waals surface area contributed by atoms with Gasteiger partial charge in [0.1, 0.15) is 0 Å². The molecule has 0 amide bonds. The Morgan fingerprint density at radius 2 is 1.80 bits per heavy atom. The predicted octanol–water partition coefficient (Wildman–Crippen LogP) is 4.36. The maximum atomic E-state index is 11.7. The van der Waals surface area contributed by atoms with E-state index in [1.807, 2.05) is 23.6 Å². The highest BCUT2D eigenvalue weighted by molar-refractivity contribution is 7.12. The third-order valence-corrected chi connectivity index (χ3v) is 4.00. The Hall–Kier alpha value is -1.45. The number of hydrogen-bond donors (Lipinski definition) is 0. The molecule has 0 aliphatic heterocycles. The molecule has 0 saturated carbocycles. The molecule has 20 heavy (non-hydrogen) atoms. The third kappa shape index (κ3) is 5.27. The fourth-order valence-electron chi connectivity index (χ4n) is 2.02. The smallest absolute Gasteiger partial charge is 0.172 e. The van der Waals surface area contributed by atoms with E-state index in [1.54, 1.807) is 0 Å². The molecule has 1 aromatic heterocycles. The van der Waals surface area contributed by atoms with Crippen molar-refractivity contribution >= 4 is 17.1 Å². The van der Waals surface area contributed by atoms with Crippen LogP contribution in [0.15, 0.2) is 47.8 Å². The number of aryl methyl sites for hydroxylation is 1. The van der Waals surface area contributed by atoms with Crippen LogP contribution in [-0.4, -0.2) is 19.0 Å². The summed E-state index contributed by atoms with van der Waals surface area (Å²) in [7, 11) is 0. The number of ether oxygens (including phenoxy) is 1. The molecule has 0 saturated heterocycles. The molecule has 0 bridgehead atoms. The van der Waals surface area contributed by atoms with Gasteiger partial charge in [0.2, 0.25) is 0 Å². The van der Waals surface area contributed by atoms with Crippen LogP contribution in [0.3, 0.4) is 0 Å². The number of Topliss-reactive ketones (excluding diaryl/α,β-unsaturated/α-hetero) is 1. The second-order valence-electron chi connectivity index (χ2n) is 4.71. The molecule has 0 aliphatic rings. The van der Waals surface area contributed by atoms with Crippen molar-refractivity contribution in [3.05, 3.63) is 58.3 Å². The number of benzene rings is 1. The molecule has 0 N–H and O–H groups in total. The highest BCUT2D eigenvalue weighted by Gasteiger charge is 2.05. The molecule has 2 nitrogen and oxygen atoms in total. The number of rotatable bonds is 9. The molecule has 2 rings (SSSR count). The number of thiophene rings is 1. The summed E-state index contributed by atoms with van der Waals surface area (Å²) in [4.78, 5) is 12.6. The molecule has 0 unspecified atom stereocenters. The van der Waals surface area contributed by atoms with Gasteiger partial charge >= 0.3 is 0 Å². The van der Waals surface area contributed by atoms with Gasteiger partial charge in [-0.25, -0.2) is 0 Å². The first kappa shape index (κ1) is 14.9. The summed E-state index contributed by atoms with van der Waals surface area (Å²) < 4.78 is 5.57. The van der Waals surface area contributed by atoms with Crippen molar-refractivity contribution in [1.82, 2.24) is 0 Å². The molecule has 1 heterocycles. The molecule has 3 heteroatoms. The van der Waals surface area contributed by atoms with E-state index in [0.717, 1.165) is 30.7 Å². The first-order valence-electron chi connectivity index (χ1n) is 7.04. The topological polar surface area (TPSA) is 26.3 Å². The first-order valence-corrected chi connectivity index (χ1v) is 7.92. The molecule has 1 aromatic carbocycles. The van der Waals surface area contributed by atoms with Gasteiger partial charge < -0.3 is 4.74 Å². The van der Waals surface area contributed by atoms with E-state index in [0.29, 0.717) is 13.0 Å². The van der Waals surface area contributed by atoms with Crippen molar-refractivity contribution < 1.29 is 9.53 Å². The molecule has 2 aromatic rings. The fourth-order valence-corrected chi connectivity index (χ4v) is 2.71. The molecular formula is C17H20O2S.